The van der Waals surface area contributed by atoms with E-state index in [-0.39, 0.29) is 37.2 Å². The fourth-order valence-corrected chi connectivity index (χ4v) is 7.35. The molecule has 3 aliphatic rings. The summed E-state index contributed by atoms with van der Waals surface area (Å²) in [5.41, 5.74) is 6.71. The number of aliphatic hydroxyl groups is 1. The lowest BCUT2D eigenvalue weighted by molar-refractivity contribution is -0.253. The molecule has 3 unspecified atom stereocenters. The van der Waals surface area contributed by atoms with Crippen molar-refractivity contribution in [3.8, 4) is 11.1 Å². The van der Waals surface area contributed by atoms with Gasteiger partial charge in [-0.25, -0.2) is 0 Å². The third-order valence-corrected chi connectivity index (χ3v) is 9.92. The number of hydrogen-bond acceptors (Lipinski definition) is 6. The van der Waals surface area contributed by atoms with Crippen molar-refractivity contribution in [2.45, 2.75) is 69.8 Å². The van der Waals surface area contributed by atoms with E-state index in [1.165, 1.54) is 30.6 Å². The predicted octanol–water partition coefficient (Wildman–Crippen LogP) is 7.62. The van der Waals surface area contributed by atoms with E-state index in [1.807, 2.05) is 54.6 Å². The third-order valence-electron chi connectivity index (χ3n) is 9.92. The van der Waals surface area contributed by atoms with Gasteiger partial charge in [-0.2, -0.15) is 0 Å². The summed E-state index contributed by atoms with van der Waals surface area (Å²) in [5.74, 6) is -0.510. The zero-order chi connectivity index (χ0) is 33.0. The van der Waals surface area contributed by atoms with Crippen molar-refractivity contribution < 1.29 is 24.2 Å². The fraction of sp³-hybridized carbons (Fsp3) is 0.317. The monoisotopic (exact) mass is 642 g/mol. The van der Waals surface area contributed by atoms with Crippen molar-refractivity contribution in [3.05, 3.63) is 143 Å². The highest BCUT2D eigenvalue weighted by molar-refractivity contribution is 6.21. The van der Waals surface area contributed by atoms with Gasteiger partial charge in [-0.05, 0) is 58.9 Å². The van der Waals surface area contributed by atoms with E-state index in [1.54, 1.807) is 24.3 Å². The summed E-state index contributed by atoms with van der Waals surface area (Å²) >= 11 is 0. The summed E-state index contributed by atoms with van der Waals surface area (Å²) in [6, 6.07) is 31.8. The number of fused-ring (bicyclic) bond motifs is 1. The molecule has 7 rings (SSSR count). The zero-order valence-electron chi connectivity index (χ0n) is 27.2. The number of hydrogen-bond donors (Lipinski definition) is 1. The first-order valence-electron chi connectivity index (χ1n) is 17.0. The van der Waals surface area contributed by atoms with Gasteiger partial charge in [0.15, 0.2) is 6.29 Å². The number of aliphatic hydroxyl groups excluding tert-OH is 1. The maximum Gasteiger partial charge on any atom is 0.261 e. The van der Waals surface area contributed by atoms with Gasteiger partial charge in [0.05, 0.1) is 36.5 Å². The molecule has 1 saturated carbocycles. The van der Waals surface area contributed by atoms with E-state index < -0.39 is 6.29 Å². The smallest absolute Gasteiger partial charge is 0.261 e. The number of benzene rings is 4. The summed E-state index contributed by atoms with van der Waals surface area (Å²) in [6.45, 7) is 5.91. The normalized spacial score (nSPS) is 21.2. The molecule has 7 nitrogen and oxygen atoms in total. The molecule has 4 aromatic carbocycles. The minimum Gasteiger partial charge on any atom is -0.392 e. The molecule has 1 N–H and O–H groups in total. The average Bonchev–Trinajstić information content (AvgIpc) is 3.76. The van der Waals surface area contributed by atoms with Gasteiger partial charge in [0, 0.05) is 31.1 Å². The van der Waals surface area contributed by atoms with Crippen LogP contribution in [-0.4, -0.2) is 52.0 Å². The molecule has 4 aromatic rings. The lowest BCUT2D eigenvalue weighted by Crippen LogP contribution is -2.43. The molecule has 2 aliphatic heterocycles. The van der Waals surface area contributed by atoms with Gasteiger partial charge < -0.3 is 14.6 Å². The van der Waals surface area contributed by atoms with Crippen LogP contribution in [0.4, 0.5) is 0 Å². The lowest BCUT2D eigenvalue weighted by Gasteiger charge is -2.39. The summed E-state index contributed by atoms with van der Waals surface area (Å²) in [4.78, 5) is 29.7. The Morgan fingerprint density at radius 1 is 0.792 bits per heavy atom. The molecule has 246 valence electrons. The van der Waals surface area contributed by atoms with Crippen LogP contribution < -0.4 is 0 Å². The molecule has 7 heteroatoms. The summed E-state index contributed by atoms with van der Waals surface area (Å²) < 4.78 is 13.3. The Morgan fingerprint density at radius 2 is 1.48 bits per heavy atom. The number of nitrogens with zero attached hydrogens (tertiary/aromatic N) is 2. The topological polar surface area (TPSA) is 79.3 Å². The molecular formula is C41H42N2O5. The predicted molar refractivity (Wildman–Crippen MR) is 185 cm³/mol. The minimum atomic E-state index is -0.533. The van der Waals surface area contributed by atoms with Crippen LogP contribution in [0, 0.1) is 0 Å². The molecule has 48 heavy (non-hydrogen) atoms. The fourth-order valence-electron chi connectivity index (χ4n) is 7.35. The Labute approximate surface area is 282 Å². The highest BCUT2D eigenvalue weighted by Crippen LogP contribution is 2.39. The van der Waals surface area contributed by atoms with E-state index >= 15 is 0 Å². The Bertz CT molecular complexity index is 1730. The second kappa shape index (κ2) is 14.4. The van der Waals surface area contributed by atoms with Crippen molar-refractivity contribution in [2.75, 3.05) is 13.1 Å². The molecule has 2 amide bonds. The summed E-state index contributed by atoms with van der Waals surface area (Å²) in [5, 5.41) is 9.57. The van der Waals surface area contributed by atoms with E-state index in [4.69, 9.17) is 9.47 Å². The van der Waals surface area contributed by atoms with Gasteiger partial charge in [-0.1, -0.05) is 97.8 Å². The van der Waals surface area contributed by atoms with Crippen LogP contribution in [0.5, 0.6) is 0 Å². The van der Waals surface area contributed by atoms with Crippen molar-refractivity contribution in [2.24, 2.45) is 0 Å². The number of imide groups is 1. The first-order valence-corrected chi connectivity index (χ1v) is 17.0. The Balaban J connectivity index is 1.09. The first kappa shape index (κ1) is 32.2. The maximum absolute atomic E-state index is 12.9. The quantitative estimate of drug-likeness (QED) is 0.134. The molecule has 3 atom stereocenters. The van der Waals surface area contributed by atoms with Crippen LogP contribution in [0.15, 0.2) is 110 Å². The molecule has 1 aliphatic carbocycles. The van der Waals surface area contributed by atoms with E-state index in [9.17, 15) is 14.7 Å². The molecule has 2 heterocycles. The van der Waals surface area contributed by atoms with Gasteiger partial charge in [0.1, 0.15) is 0 Å². The second-order valence-electron chi connectivity index (χ2n) is 13.1. The average molecular weight is 643 g/mol. The largest absolute Gasteiger partial charge is 0.392 e. The zero-order valence-corrected chi connectivity index (χ0v) is 27.2. The van der Waals surface area contributed by atoms with Gasteiger partial charge in [0.25, 0.3) is 11.8 Å². The van der Waals surface area contributed by atoms with Crippen molar-refractivity contribution >= 4 is 11.8 Å². The number of carbonyl (C=O) groups is 2. The standard InChI is InChI=1S/C41H42N2O5/c1-2-22-42(34-10-3-4-11-34)26-35-24-38(31-16-14-28(27-44)15-17-31)48-41(47-35)32-20-18-30(19-21-32)33-9-7-8-29(23-33)25-43-39(45)36-12-5-6-13-37(36)40(43)46/h2,5-9,12-21,23,34-35,38,41,44H,1,3-4,10-11,22,24-27H2. The van der Waals surface area contributed by atoms with Crippen LogP contribution in [0.3, 0.4) is 0 Å². The van der Waals surface area contributed by atoms with Crippen molar-refractivity contribution in [1.29, 1.82) is 0 Å². The molecule has 0 bridgehead atoms. The van der Waals surface area contributed by atoms with E-state index in [2.05, 4.69) is 35.7 Å². The van der Waals surface area contributed by atoms with Crippen LogP contribution in [0.25, 0.3) is 11.1 Å². The SMILES string of the molecule is C=CCN(CC1CC(c2ccc(CO)cc2)OC(c2ccc(-c3cccc(CN4C(=O)c5ccccc5C4=O)c3)cc2)O1)C1CCCC1. The number of rotatable bonds is 11. The van der Waals surface area contributed by atoms with Crippen LogP contribution >= 0.6 is 0 Å². The number of ether oxygens (including phenoxy) is 2. The molecule has 1 saturated heterocycles. The summed E-state index contributed by atoms with van der Waals surface area (Å²) in [6.07, 6.45) is 7.01. The van der Waals surface area contributed by atoms with Crippen LogP contribution in [0.2, 0.25) is 0 Å². The number of carbonyl (C=O) groups excluding carboxylic acids is 2. The van der Waals surface area contributed by atoms with Crippen molar-refractivity contribution in [1.82, 2.24) is 9.80 Å². The van der Waals surface area contributed by atoms with Gasteiger partial charge in [0.2, 0.25) is 0 Å². The Kier molecular flexibility index (Phi) is 9.64. The molecule has 2 fully saturated rings. The number of amides is 2. The second-order valence-corrected chi connectivity index (χ2v) is 13.1. The molecule has 0 aromatic heterocycles. The Morgan fingerprint density at radius 3 is 2.15 bits per heavy atom. The minimum absolute atomic E-state index is 0.0100. The lowest BCUT2D eigenvalue weighted by atomic mass is 9.98. The molecule has 0 radical (unpaired) electrons. The summed E-state index contributed by atoms with van der Waals surface area (Å²) in [7, 11) is 0. The molecular weight excluding hydrogens is 600 g/mol. The van der Waals surface area contributed by atoms with Gasteiger partial charge >= 0.3 is 0 Å². The first-order chi connectivity index (χ1) is 23.5. The maximum atomic E-state index is 12.9. The van der Waals surface area contributed by atoms with Crippen LogP contribution in [-0.2, 0) is 22.6 Å². The van der Waals surface area contributed by atoms with Gasteiger partial charge in [-0.15, -0.1) is 6.58 Å². The van der Waals surface area contributed by atoms with E-state index in [0.717, 1.165) is 52.9 Å². The third kappa shape index (κ3) is 6.78. The highest BCUT2D eigenvalue weighted by Gasteiger charge is 2.36. The van der Waals surface area contributed by atoms with Gasteiger partial charge in [-0.3, -0.25) is 19.4 Å². The van der Waals surface area contributed by atoms with Crippen molar-refractivity contribution in [3.63, 3.8) is 0 Å². The Hall–Kier alpha value is -4.40. The van der Waals surface area contributed by atoms with E-state index in [0.29, 0.717) is 17.2 Å². The van der Waals surface area contributed by atoms with Crippen LogP contribution in [0.1, 0.15) is 87.5 Å². The molecule has 0 spiro atoms. The highest BCUT2D eigenvalue weighted by atomic mass is 16.7.